The molecule has 1 aromatic rings. The summed E-state index contributed by atoms with van der Waals surface area (Å²) in [5.41, 5.74) is 1.89. The fraction of sp³-hybridized carbons (Fsp3) is 0.529. The number of benzene rings is 1. The van der Waals surface area contributed by atoms with Gasteiger partial charge >= 0.3 is 5.97 Å². The lowest BCUT2D eigenvalue weighted by Crippen LogP contribution is -2.46. The summed E-state index contributed by atoms with van der Waals surface area (Å²) in [4.78, 5) is 25.8. The number of aliphatic carboxylic acids is 1. The molecule has 112 valence electrons. The third-order valence-corrected chi connectivity index (χ3v) is 5.03. The standard InChI is InChI=1S/C17H21NO3/c1-17(9-4-6-12-5-2-3-7-14(12)17)16(21)18-10-8-13(11-18)15(19)20/h2-3,5,7,13H,4,6,8-11H2,1H3,(H,19,20)/t13-,17-/m0/s1. The van der Waals surface area contributed by atoms with Crippen LogP contribution in [-0.4, -0.2) is 35.0 Å². The zero-order chi connectivity index (χ0) is 15.0. The van der Waals surface area contributed by atoms with E-state index in [1.807, 2.05) is 19.1 Å². The fourth-order valence-corrected chi connectivity index (χ4v) is 3.76. The highest BCUT2D eigenvalue weighted by Crippen LogP contribution is 2.39. The van der Waals surface area contributed by atoms with Gasteiger partial charge in [0.25, 0.3) is 0 Å². The Kier molecular flexibility index (Phi) is 3.47. The van der Waals surface area contributed by atoms with Gasteiger partial charge in [0.15, 0.2) is 0 Å². The maximum Gasteiger partial charge on any atom is 0.308 e. The lowest BCUT2D eigenvalue weighted by molar-refractivity contribution is -0.142. The number of carboxylic acids is 1. The molecule has 1 aliphatic carbocycles. The summed E-state index contributed by atoms with van der Waals surface area (Å²) in [6.07, 6.45) is 3.45. The molecule has 0 aromatic heterocycles. The summed E-state index contributed by atoms with van der Waals surface area (Å²) >= 11 is 0. The van der Waals surface area contributed by atoms with Gasteiger partial charge in [-0.05, 0) is 43.7 Å². The van der Waals surface area contributed by atoms with E-state index < -0.39 is 17.3 Å². The second kappa shape index (κ2) is 5.17. The Morgan fingerprint density at radius 2 is 2.10 bits per heavy atom. The van der Waals surface area contributed by atoms with Gasteiger partial charge in [-0.1, -0.05) is 24.3 Å². The van der Waals surface area contributed by atoms with Crippen LogP contribution in [0.5, 0.6) is 0 Å². The van der Waals surface area contributed by atoms with Crippen molar-refractivity contribution in [1.82, 2.24) is 4.90 Å². The smallest absolute Gasteiger partial charge is 0.308 e. The van der Waals surface area contributed by atoms with Gasteiger partial charge in [0.1, 0.15) is 0 Å². The van der Waals surface area contributed by atoms with Crippen molar-refractivity contribution < 1.29 is 14.7 Å². The van der Waals surface area contributed by atoms with Gasteiger partial charge < -0.3 is 10.0 Å². The van der Waals surface area contributed by atoms with Gasteiger partial charge in [-0.3, -0.25) is 9.59 Å². The minimum absolute atomic E-state index is 0.0957. The normalized spacial score (nSPS) is 28.2. The van der Waals surface area contributed by atoms with E-state index in [9.17, 15) is 9.59 Å². The van der Waals surface area contributed by atoms with Crippen LogP contribution in [0.25, 0.3) is 0 Å². The third kappa shape index (κ3) is 2.33. The predicted octanol–water partition coefficient (Wildman–Crippen LogP) is 2.21. The molecule has 1 aromatic carbocycles. The summed E-state index contributed by atoms with van der Waals surface area (Å²) in [5, 5.41) is 9.11. The molecule has 2 aliphatic rings. The molecule has 1 aliphatic heterocycles. The van der Waals surface area contributed by atoms with Crippen molar-refractivity contribution in [2.24, 2.45) is 5.92 Å². The van der Waals surface area contributed by atoms with E-state index in [0.29, 0.717) is 19.5 Å². The van der Waals surface area contributed by atoms with Crippen LogP contribution in [0, 0.1) is 5.92 Å². The van der Waals surface area contributed by atoms with Crippen LogP contribution in [-0.2, 0) is 21.4 Å². The Hall–Kier alpha value is -1.84. The van der Waals surface area contributed by atoms with Crippen LogP contribution < -0.4 is 0 Å². The number of carboxylic acid groups (broad SMARTS) is 1. The van der Waals surface area contributed by atoms with E-state index in [0.717, 1.165) is 24.8 Å². The van der Waals surface area contributed by atoms with Gasteiger partial charge in [0.2, 0.25) is 5.91 Å². The average molecular weight is 287 g/mol. The second-order valence-electron chi connectivity index (χ2n) is 6.42. The fourth-order valence-electron chi connectivity index (χ4n) is 3.76. The van der Waals surface area contributed by atoms with Crippen molar-refractivity contribution in [3.05, 3.63) is 35.4 Å². The molecule has 1 N–H and O–H groups in total. The Morgan fingerprint density at radius 3 is 2.81 bits per heavy atom. The Balaban J connectivity index is 1.87. The Labute approximate surface area is 124 Å². The number of hydrogen-bond acceptors (Lipinski definition) is 2. The maximum absolute atomic E-state index is 13.0. The lowest BCUT2D eigenvalue weighted by atomic mass is 9.70. The molecule has 4 nitrogen and oxygen atoms in total. The zero-order valence-electron chi connectivity index (χ0n) is 12.3. The van der Waals surface area contributed by atoms with Gasteiger partial charge in [0, 0.05) is 13.1 Å². The Morgan fingerprint density at radius 1 is 1.33 bits per heavy atom. The van der Waals surface area contributed by atoms with Crippen LogP contribution >= 0.6 is 0 Å². The molecule has 0 radical (unpaired) electrons. The zero-order valence-corrected chi connectivity index (χ0v) is 12.3. The van der Waals surface area contributed by atoms with Crippen molar-refractivity contribution in [3.63, 3.8) is 0 Å². The summed E-state index contributed by atoms with van der Waals surface area (Å²) in [5.74, 6) is -1.10. The molecular weight excluding hydrogens is 266 g/mol. The summed E-state index contributed by atoms with van der Waals surface area (Å²) < 4.78 is 0. The second-order valence-corrected chi connectivity index (χ2v) is 6.42. The van der Waals surface area contributed by atoms with Gasteiger partial charge in [-0.15, -0.1) is 0 Å². The number of rotatable bonds is 2. The quantitative estimate of drug-likeness (QED) is 0.907. The highest BCUT2D eigenvalue weighted by atomic mass is 16.4. The van der Waals surface area contributed by atoms with Crippen molar-refractivity contribution in [2.45, 2.75) is 38.0 Å². The van der Waals surface area contributed by atoms with Crippen molar-refractivity contribution >= 4 is 11.9 Å². The molecule has 1 amide bonds. The van der Waals surface area contributed by atoms with Gasteiger partial charge in [0.05, 0.1) is 11.3 Å². The topological polar surface area (TPSA) is 57.6 Å². The van der Waals surface area contributed by atoms with E-state index >= 15 is 0 Å². The third-order valence-electron chi connectivity index (χ3n) is 5.03. The molecule has 4 heteroatoms. The number of fused-ring (bicyclic) bond motifs is 1. The molecule has 0 spiro atoms. The number of nitrogens with zero attached hydrogens (tertiary/aromatic N) is 1. The van der Waals surface area contributed by atoms with Crippen molar-refractivity contribution in [3.8, 4) is 0 Å². The highest BCUT2D eigenvalue weighted by Gasteiger charge is 2.43. The monoisotopic (exact) mass is 287 g/mol. The summed E-state index contributed by atoms with van der Waals surface area (Å²) in [7, 11) is 0. The van der Waals surface area contributed by atoms with Gasteiger partial charge in [-0.25, -0.2) is 0 Å². The van der Waals surface area contributed by atoms with E-state index in [-0.39, 0.29) is 5.91 Å². The van der Waals surface area contributed by atoms with Crippen LogP contribution in [0.2, 0.25) is 0 Å². The van der Waals surface area contributed by atoms with Crippen LogP contribution in [0.3, 0.4) is 0 Å². The first-order chi connectivity index (χ1) is 10.0. The first-order valence-corrected chi connectivity index (χ1v) is 7.63. The molecule has 0 saturated carbocycles. The van der Waals surface area contributed by atoms with Crippen LogP contribution in [0.15, 0.2) is 24.3 Å². The van der Waals surface area contributed by atoms with Crippen molar-refractivity contribution in [2.75, 3.05) is 13.1 Å². The average Bonchev–Trinajstić information content (AvgIpc) is 2.97. The van der Waals surface area contributed by atoms with Gasteiger partial charge in [-0.2, -0.15) is 0 Å². The van der Waals surface area contributed by atoms with E-state index in [1.54, 1.807) is 4.90 Å². The summed E-state index contributed by atoms with van der Waals surface area (Å²) in [6.45, 7) is 2.93. The number of carbonyl (C=O) groups excluding carboxylic acids is 1. The van der Waals surface area contributed by atoms with E-state index in [1.165, 1.54) is 5.56 Å². The largest absolute Gasteiger partial charge is 0.481 e. The lowest BCUT2D eigenvalue weighted by Gasteiger charge is -2.37. The van der Waals surface area contributed by atoms with E-state index in [2.05, 4.69) is 12.1 Å². The minimum Gasteiger partial charge on any atom is -0.481 e. The number of likely N-dealkylation sites (tertiary alicyclic amines) is 1. The first kappa shape index (κ1) is 14.1. The molecule has 3 rings (SSSR count). The summed E-state index contributed by atoms with van der Waals surface area (Å²) in [6, 6.07) is 8.16. The van der Waals surface area contributed by atoms with Crippen LogP contribution in [0.1, 0.15) is 37.3 Å². The molecule has 1 fully saturated rings. The molecule has 0 bridgehead atoms. The molecule has 21 heavy (non-hydrogen) atoms. The maximum atomic E-state index is 13.0. The molecule has 2 atom stereocenters. The SMILES string of the molecule is C[C@]1(C(=O)N2CC[C@H](C(=O)O)C2)CCCc2ccccc21. The Bertz CT molecular complexity index is 583. The predicted molar refractivity (Wildman–Crippen MR) is 79.1 cm³/mol. The molecule has 1 saturated heterocycles. The van der Waals surface area contributed by atoms with Crippen LogP contribution in [0.4, 0.5) is 0 Å². The molecule has 0 unspecified atom stereocenters. The number of amides is 1. The molecule has 1 heterocycles. The number of aryl methyl sites for hydroxylation is 1. The highest BCUT2D eigenvalue weighted by molar-refractivity contribution is 5.89. The minimum atomic E-state index is -0.792. The number of hydrogen-bond donors (Lipinski definition) is 1. The van der Waals surface area contributed by atoms with Crippen molar-refractivity contribution in [1.29, 1.82) is 0 Å². The molecular formula is C17H21NO3. The van der Waals surface area contributed by atoms with E-state index in [4.69, 9.17) is 5.11 Å². The number of carbonyl (C=O) groups is 2. The first-order valence-electron chi connectivity index (χ1n) is 7.63.